The quantitative estimate of drug-likeness (QED) is 0.680. The Kier molecular flexibility index (Phi) is 4.55. The molecule has 0 spiro atoms. The van der Waals surface area contributed by atoms with Gasteiger partial charge in [0.1, 0.15) is 0 Å². The molecule has 0 radical (unpaired) electrons. The van der Waals surface area contributed by atoms with Gasteiger partial charge in [0.15, 0.2) is 0 Å². The zero-order chi connectivity index (χ0) is 12.1. The van der Waals surface area contributed by atoms with Gasteiger partial charge in [0, 0.05) is 12.0 Å². The molecule has 2 atom stereocenters. The van der Waals surface area contributed by atoms with E-state index in [1.54, 1.807) is 12.1 Å². The molecule has 0 heterocycles. The highest BCUT2D eigenvalue weighted by atomic mass is 31.1. The van der Waals surface area contributed by atoms with Crippen LogP contribution < -0.4 is 0 Å². The summed E-state index contributed by atoms with van der Waals surface area (Å²) in [5.74, 6) is -2.26. The highest BCUT2D eigenvalue weighted by Gasteiger charge is 2.27. The minimum absolute atomic E-state index is 0.0379. The molecule has 3 N–H and O–H groups in total. The molecule has 0 amide bonds. The summed E-state index contributed by atoms with van der Waals surface area (Å²) in [6, 6.07) is 6.32. The Balaban J connectivity index is 2.67. The second-order valence-electron chi connectivity index (χ2n) is 3.31. The molecule has 0 aliphatic carbocycles. The summed E-state index contributed by atoms with van der Waals surface area (Å²) in [5, 5.41) is 17.8. The van der Waals surface area contributed by atoms with Crippen molar-refractivity contribution >= 4 is 14.0 Å². The molecular formula is C10H12O5P+. The van der Waals surface area contributed by atoms with Crippen LogP contribution in [0.3, 0.4) is 0 Å². The van der Waals surface area contributed by atoms with Crippen LogP contribution in [0.2, 0.25) is 0 Å². The average Bonchev–Trinajstić information content (AvgIpc) is 2.26. The largest absolute Gasteiger partial charge is 0.542 e. The second-order valence-corrected chi connectivity index (χ2v) is 4.41. The van der Waals surface area contributed by atoms with E-state index >= 15 is 0 Å². The lowest BCUT2D eigenvalue weighted by molar-refractivity contribution is -0.136. The normalized spacial score (nSPS) is 13.2. The van der Waals surface area contributed by atoms with Gasteiger partial charge >= 0.3 is 19.8 Å². The van der Waals surface area contributed by atoms with Gasteiger partial charge in [0.05, 0.1) is 0 Å². The van der Waals surface area contributed by atoms with Crippen molar-refractivity contribution in [1.82, 2.24) is 0 Å². The maximum atomic E-state index is 10.6. The number of aliphatic hydroxyl groups excluding tert-OH is 1. The van der Waals surface area contributed by atoms with E-state index in [0.717, 1.165) is 5.56 Å². The van der Waals surface area contributed by atoms with Crippen molar-refractivity contribution in [3.05, 3.63) is 35.4 Å². The van der Waals surface area contributed by atoms with Gasteiger partial charge in [-0.25, -0.2) is 0 Å². The lowest BCUT2D eigenvalue weighted by Gasteiger charge is -2.01. The van der Waals surface area contributed by atoms with Crippen LogP contribution in [0.4, 0.5) is 0 Å². The molecule has 0 aliphatic rings. The Morgan fingerprint density at radius 3 is 2.31 bits per heavy atom. The molecule has 0 aliphatic heterocycles. The maximum Gasteiger partial charge on any atom is 0.542 e. The third-order valence-corrected chi connectivity index (χ3v) is 2.83. The molecule has 16 heavy (non-hydrogen) atoms. The molecule has 0 fully saturated rings. The predicted molar refractivity (Wildman–Crippen MR) is 57.2 cm³/mol. The van der Waals surface area contributed by atoms with Gasteiger partial charge < -0.3 is 10.2 Å². The summed E-state index contributed by atoms with van der Waals surface area (Å²) in [6.07, 6.45) is 0.438. The number of hydrogen-bond donors (Lipinski definition) is 3. The van der Waals surface area contributed by atoms with Crippen molar-refractivity contribution in [3.63, 3.8) is 0 Å². The molecule has 1 rings (SSSR count). The number of hydrogen-bond acceptors (Lipinski definition) is 3. The number of aryl methyl sites for hydroxylation is 1. The van der Waals surface area contributed by atoms with Crippen LogP contribution >= 0.6 is 8.03 Å². The first kappa shape index (κ1) is 12.8. The maximum absolute atomic E-state index is 10.6. The molecule has 0 bridgehead atoms. The summed E-state index contributed by atoms with van der Waals surface area (Å²) in [7, 11) is -2.65. The SMILES string of the molecule is O=C(O)CCc1ccc(C(O)[P+](=O)O)cc1. The van der Waals surface area contributed by atoms with Gasteiger partial charge in [0.2, 0.25) is 0 Å². The van der Waals surface area contributed by atoms with Crippen molar-refractivity contribution < 1.29 is 24.5 Å². The van der Waals surface area contributed by atoms with Crippen LogP contribution in [0.1, 0.15) is 23.4 Å². The summed E-state index contributed by atoms with van der Waals surface area (Å²) in [6.45, 7) is 0. The summed E-state index contributed by atoms with van der Waals surface area (Å²) in [5.41, 5.74) is 1.16. The first-order chi connectivity index (χ1) is 7.50. The zero-order valence-corrected chi connectivity index (χ0v) is 9.30. The Labute approximate surface area is 93.2 Å². The summed E-state index contributed by atoms with van der Waals surface area (Å²) >= 11 is 0. The third-order valence-electron chi connectivity index (χ3n) is 2.11. The number of rotatable bonds is 5. The molecule has 6 heteroatoms. The van der Waals surface area contributed by atoms with Crippen molar-refractivity contribution in [2.75, 3.05) is 0 Å². The Hall–Kier alpha value is -1.29. The van der Waals surface area contributed by atoms with E-state index in [1.807, 2.05) is 0 Å². The molecular weight excluding hydrogens is 231 g/mol. The number of aliphatic carboxylic acids is 1. The van der Waals surface area contributed by atoms with Crippen molar-refractivity contribution in [3.8, 4) is 0 Å². The highest BCUT2D eigenvalue weighted by molar-refractivity contribution is 7.38. The van der Waals surface area contributed by atoms with E-state index in [0.29, 0.717) is 12.0 Å². The van der Waals surface area contributed by atoms with Crippen molar-refractivity contribution in [1.29, 1.82) is 0 Å². The van der Waals surface area contributed by atoms with Crippen molar-refractivity contribution in [2.45, 2.75) is 18.7 Å². The van der Waals surface area contributed by atoms with E-state index < -0.39 is 19.8 Å². The molecule has 1 aromatic carbocycles. The molecule has 2 unspecified atom stereocenters. The second kappa shape index (κ2) is 5.70. The van der Waals surface area contributed by atoms with Crippen LogP contribution in [0, 0.1) is 0 Å². The lowest BCUT2D eigenvalue weighted by atomic mass is 10.1. The smallest absolute Gasteiger partial charge is 0.481 e. The number of carboxylic acid groups (broad SMARTS) is 1. The Bertz CT molecular complexity index is 387. The van der Waals surface area contributed by atoms with Gasteiger partial charge in [-0.05, 0) is 16.5 Å². The van der Waals surface area contributed by atoms with Crippen LogP contribution in [0.25, 0.3) is 0 Å². The van der Waals surface area contributed by atoms with E-state index in [-0.39, 0.29) is 6.42 Å². The fraction of sp³-hybridized carbons (Fsp3) is 0.300. The van der Waals surface area contributed by atoms with Crippen LogP contribution in [0.5, 0.6) is 0 Å². The summed E-state index contributed by atoms with van der Waals surface area (Å²) in [4.78, 5) is 19.0. The fourth-order valence-electron chi connectivity index (χ4n) is 1.24. The monoisotopic (exact) mass is 243 g/mol. The van der Waals surface area contributed by atoms with Gasteiger partial charge in [-0.2, -0.15) is 4.89 Å². The number of benzene rings is 1. The molecule has 5 nitrogen and oxygen atoms in total. The van der Waals surface area contributed by atoms with Gasteiger partial charge in [-0.3, -0.25) is 4.79 Å². The number of carboxylic acids is 1. The van der Waals surface area contributed by atoms with E-state index in [9.17, 15) is 14.5 Å². The number of aliphatic hydroxyl groups is 1. The first-order valence-electron chi connectivity index (χ1n) is 4.64. The molecule has 0 aromatic heterocycles. The topological polar surface area (TPSA) is 94.8 Å². The van der Waals surface area contributed by atoms with Crippen LogP contribution in [-0.4, -0.2) is 21.1 Å². The minimum atomic E-state index is -2.65. The molecule has 1 aromatic rings. The molecule has 0 saturated heterocycles. The fourth-order valence-corrected chi connectivity index (χ4v) is 1.66. The standard InChI is InChI=1S/C10H11O5P/c11-9(12)6-3-7-1-4-8(5-2-7)10(13)16(14)15/h1-2,4-5,10,13H,3,6H2,(H-,11,12,14,15)/p+1. The first-order valence-corrected chi connectivity index (χ1v) is 5.93. The Morgan fingerprint density at radius 1 is 1.31 bits per heavy atom. The van der Waals surface area contributed by atoms with E-state index in [2.05, 4.69) is 0 Å². The summed E-state index contributed by atoms with van der Waals surface area (Å²) < 4.78 is 10.6. The van der Waals surface area contributed by atoms with Gasteiger partial charge in [-0.15, -0.1) is 0 Å². The van der Waals surface area contributed by atoms with Gasteiger partial charge in [-0.1, -0.05) is 24.3 Å². The van der Waals surface area contributed by atoms with Gasteiger partial charge in [0.25, 0.3) is 0 Å². The van der Waals surface area contributed by atoms with E-state index in [1.165, 1.54) is 12.1 Å². The highest BCUT2D eigenvalue weighted by Crippen LogP contribution is 2.34. The van der Waals surface area contributed by atoms with Crippen molar-refractivity contribution in [2.24, 2.45) is 0 Å². The molecule has 86 valence electrons. The zero-order valence-electron chi connectivity index (χ0n) is 8.41. The number of carbonyl (C=O) groups is 1. The third kappa shape index (κ3) is 3.70. The predicted octanol–water partition coefficient (Wildman–Crippen LogP) is 1.43. The average molecular weight is 243 g/mol. The minimum Gasteiger partial charge on any atom is -0.481 e. The lowest BCUT2D eigenvalue weighted by Crippen LogP contribution is -1.98. The van der Waals surface area contributed by atoms with Crippen LogP contribution in [-0.2, 0) is 15.8 Å². The van der Waals surface area contributed by atoms with Crippen LogP contribution in [0.15, 0.2) is 24.3 Å². The Morgan fingerprint density at radius 2 is 1.88 bits per heavy atom. The van der Waals surface area contributed by atoms with E-state index in [4.69, 9.17) is 10.00 Å². The molecule has 0 saturated carbocycles.